The van der Waals surface area contributed by atoms with E-state index in [4.69, 9.17) is 0 Å². The molecular formula is C20H18N8. The Balaban J connectivity index is 1.43. The molecule has 2 aromatic carbocycles. The molecule has 0 bridgehead atoms. The number of tetrazole rings is 1. The molecule has 0 fully saturated rings. The molecule has 0 N–H and O–H groups in total. The Morgan fingerprint density at radius 2 is 1.79 bits per heavy atom. The van der Waals surface area contributed by atoms with Crippen molar-refractivity contribution < 1.29 is 0 Å². The molecule has 3 aromatic heterocycles. The predicted molar refractivity (Wildman–Crippen MR) is 106 cm³/mol. The summed E-state index contributed by atoms with van der Waals surface area (Å²) >= 11 is 0. The minimum absolute atomic E-state index is 0.134. The van der Waals surface area contributed by atoms with Gasteiger partial charge in [0.25, 0.3) is 0 Å². The van der Waals surface area contributed by atoms with Gasteiger partial charge in [0, 0.05) is 12.7 Å². The molecule has 3 heterocycles. The summed E-state index contributed by atoms with van der Waals surface area (Å²) < 4.78 is 3.53. The molecule has 1 atom stereocenters. The number of benzene rings is 2. The lowest BCUT2D eigenvalue weighted by molar-refractivity contribution is 0.683. The van der Waals surface area contributed by atoms with Crippen molar-refractivity contribution >= 4 is 22.5 Å². The average molecular weight is 370 g/mol. The number of para-hydroxylation sites is 2. The molecule has 138 valence electrons. The van der Waals surface area contributed by atoms with Crippen molar-refractivity contribution in [1.29, 1.82) is 0 Å². The molecule has 28 heavy (non-hydrogen) atoms. The Kier molecular flexibility index (Phi) is 3.75. The van der Waals surface area contributed by atoms with E-state index >= 15 is 0 Å². The zero-order valence-electron chi connectivity index (χ0n) is 15.5. The number of nitrogens with zero attached hydrogens (tertiary/aromatic N) is 8. The molecule has 0 spiro atoms. The van der Waals surface area contributed by atoms with E-state index in [9.17, 15) is 0 Å². The Morgan fingerprint density at radius 3 is 2.64 bits per heavy atom. The first-order chi connectivity index (χ1) is 13.7. The maximum Gasteiger partial charge on any atom is 0.200 e. The van der Waals surface area contributed by atoms with Crippen LogP contribution in [0.1, 0.15) is 18.5 Å². The molecular weight excluding hydrogens is 352 g/mol. The van der Waals surface area contributed by atoms with E-state index in [1.165, 1.54) is 10.2 Å². The molecule has 0 radical (unpaired) electrons. The van der Waals surface area contributed by atoms with Gasteiger partial charge in [-0.05, 0) is 59.3 Å². The summed E-state index contributed by atoms with van der Waals surface area (Å²) in [7, 11) is 2.01. The lowest BCUT2D eigenvalue weighted by atomic mass is 10.1. The second kappa shape index (κ2) is 6.41. The number of hydrogen-bond donors (Lipinski definition) is 0. The molecule has 0 saturated carbocycles. The average Bonchev–Trinajstić information content (AvgIpc) is 3.39. The second-order valence-electron chi connectivity index (χ2n) is 6.70. The normalized spacial score (nSPS) is 12.5. The highest BCUT2D eigenvalue weighted by atomic mass is 15.6. The summed E-state index contributed by atoms with van der Waals surface area (Å²) in [5.41, 5.74) is 4.99. The van der Waals surface area contributed by atoms with E-state index in [1.54, 1.807) is 0 Å². The van der Waals surface area contributed by atoms with Crippen molar-refractivity contribution in [2.24, 2.45) is 0 Å². The number of fused-ring (bicyclic) bond motifs is 2. The van der Waals surface area contributed by atoms with Crippen molar-refractivity contribution in [1.82, 2.24) is 34.8 Å². The van der Waals surface area contributed by atoms with Crippen LogP contribution in [0.3, 0.4) is 0 Å². The van der Waals surface area contributed by atoms with Crippen molar-refractivity contribution in [3.8, 4) is 5.69 Å². The van der Waals surface area contributed by atoms with Crippen molar-refractivity contribution in [3.05, 3.63) is 72.6 Å². The fourth-order valence-electron chi connectivity index (χ4n) is 3.33. The molecule has 0 aliphatic heterocycles. The van der Waals surface area contributed by atoms with Gasteiger partial charge in [-0.25, -0.2) is 4.98 Å². The van der Waals surface area contributed by atoms with Gasteiger partial charge in [0.2, 0.25) is 0 Å². The summed E-state index contributed by atoms with van der Waals surface area (Å²) in [4.78, 5) is 6.57. The fourth-order valence-corrected chi connectivity index (χ4v) is 3.33. The van der Waals surface area contributed by atoms with E-state index in [0.29, 0.717) is 5.65 Å². The molecule has 0 unspecified atom stereocenters. The molecule has 0 saturated heterocycles. The van der Waals surface area contributed by atoms with Gasteiger partial charge in [0.1, 0.15) is 6.33 Å². The van der Waals surface area contributed by atoms with Crippen LogP contribution >= 0.6 is 0 Å². The number of anilines is 1. The highest BCUT2D eigenvalue weighted by molar-refractivity contribution is 5.77. The second-order valence-corrected chi connectivity index (χ2v) is 6.70. The predicted octanol–water partition coefficient (Wildman–Crippen LogP) is 3.06. The van der Waals surface area contributed by atoms with Gasteiger partial charge < -0.3 is 4.90 Å². The zero-order chi connectivity index (χ0) is 19.1. The molecule has 8 heteroatoms. The van der Waals surface area contributed by atoms with Crippen LogP contribution in [0.5, 0.6) is 0 Å². The number of imidazole rings is 1. The SMILES string of the molecule is C[C@@H](c1ccc(-n2cnc3ccccc32)cc1)N(C)c1ccc2nnnn2n1. The minimum atomic E-state index is 0.134. The Labute approximate surface area is 161 Å². The number of aromatic nitrogens is 7. The van der Waals surface area contributed by atoms with Crippen LogP contribution in [0.2, 0.25) is 0 Å². The molecule has 0 amide bonds. The summed E-state index contributed by atoms with van der Waals surface area (Å²) in [5.74, 6) is 0.803. The monoisotopic (exact) mass is 370 g/mol. The van der Waals surface area contributed by atoms with Gasteiger partial charge in [0.05, 0.1) is 17.1 Å². The summed E-state index contributed by atoms with van der Waals surface area (Å²) in [6.45, 7) is 2.15. The first-order valence-electron chi connectivity index (χ1n) is 9.01. The summed E-state index contributed by atoms with van der Waals surface area (Å²) in [6.07, 6.45) is 1.86. The van der Waals surface area contributed by atoms with Gasteiger partial charge in [-0.15, -0.1) is 14.8 Å². The highest BCUT2D eigenvalue weighted by Crippen LogP contribution is 2.25. The lowest BCUT2D eigenvalue weighted by Gasteiger charge is -2.26. The first-order valence-corrected chi connectivity index (χ1v) is 9.01. The smallest absolute Gasteiger partial charge is 0.200 e. The third-order valence-electron chi connectivity index (χ3n) is 5.11. The van der Waals surface area contributed by atoms with Gasteiger partial charge in [0.15, 0.2) is 11.5 Å². The first kappa shape index (κ1) is 16.4. The van der Waals surface area contributed by atoms with E-state index in [0.717, 1.165) is 22.5 Å². The van der Waals surface area contributed by atoms with Crippen LogP contribution < -0.4 is 4.90 Å². The third kappa shape index (κ3) is 2.66. The lowest BCUT2D eigenvalue weighted by Crippen LogP contribution is -2.23. The number of hydrogen-bond acceptors (Lipinski definition) is 6. The minimum Gasteiger partial charge on any atom is -0.351 e. The Hall–Kier alpha value is -3.81. The molecule has 8 nitrogen and oxygen atoms in total. The van der Waals surface area contributed by atoms with Gasteiger partial charge in [-0.2, -0.15) is 0 Å². The molecule has 0 aliphatic rings. The van der Waals surface area contributed by atoms with Crippen LogP contribution in [-0.4, -0.2) is 41.9 Å². The molecule has 5 aromatic rings. The molecule has 5 rings (SSSR count). The van der Waals surface area contributed by atoms with Crippen LogP contribution in [0.25, 0.3) is 22.4 Å². The van der Waals surface area contributed by atoms with E-state index in [2.05, 4.69) is 72.3 Å². The van der Waals surface area contributed by atoms with E-state index in [1.807, 2.05) is 43.7 Å². The van der Waals surface area contributed by atoms with Crippen molar-refractivity contribution in [2.75, 3.05) is 11.9 Å². The van der Waals surface area contributed by atoms with Crippen LogP contribution in [0, 0.1) is 0 Å². The fraction of sp³-hybridized carbons (Fsp3) is 0.150. The van der Waals surface area contributed by atoms with E-state index < -0.39 is 0 Å². The standard InChI is InChI=1S/C20H18N8/c1-14(26(2)20-12-11-19-22-24-25-28(19)23-20)15-7-9-16(10-8-15)27-13-21-17-5-3-4-6-18(17)27/h3-14H,1-2H3/t14-/m0/s1. The van der Waals surface area contributed by atoms with Crippen LogP contribution in [-0.2, 0) is 0 Å². The largest absolute Gasteiger partial charge is 0.351 e. The van der Waals surface area contributed by atoms with Crippen LogP contribution in [0.4, 0.5) is 5.82 Å². The number of rotatable bonds is 4. The van der Waals surface area contributed by atoms with Gasteiger partial charge in [-0.3, -0.25) is 4.57 Å². The van der Waals surface area contributed by atoms with Gasteiger partial charge >= 0.3 is 0 Å². The molecule has 0 aliphatic carbocycles. The quantitative estimate of drug-likeness (QED) is 0.484. The summed E-state index contributed by atoms with van der Waals surface area (Å²) in [6, 6.07) is 20.6. The third-order valence-corrected chi connectivity index (χ3v) is 5.11. The van der Waals surface area contributed by atoms with E-state index in [-0.39, 0.29) is 6.04 Å². The van der Waals surface area contributed by atoms with Gasteiger partial charge in [-0.1, -0.05) is 24.3 Å². The topological polar surface area (TPSA) is 77.0 Å². The van der Waals surface area contributed by atoms with Crippen LogP contribution in [0.15, 0.2) is 67.0 Å². The maximum absolute atomic E-state index is 4.47. The van der Waals surface area contributed by atoms with Crippen molar-refractivity contribution in [2.45, 2.75) is 13.0 Å². The Bertz CT molecular complexity index is 1250. The summed E-state index contributed by atoms with van der Waals surface area (Å²) in [5, 5.41) is 15.9. The van der Waals surface area contributed by atoms with Crippen molar-refractivity contribution in [3.63, 3.8) is 0 Å². The zero-order valence-corrected chi connectivity index (χ0v) is 15.5. The Morgan fingerprint density at radius 1 is 0.964 bits per heavy atom. The highest BCUT2D eigenvalue weighted by Gasteiger charge is 2.15. The maximum atomic E-state index is 4.47.